The molecule has 0 nitrogen and oxygen atoms in total. The minimum atomic E-state index is 0. The van der Waals surface area contributed by atoms with E-state index in [0.29, 0.717) is 5.92 Å². The Bertz CT molecular complexity index is 1040. The van der Waals surface area contributed by atoms with Gasteiger partial charge in [0.1, 0.15) is 0 Å². The summed E-state index contributed by atoms with van der Waals surface area (Å²) in [5.41, 5.74) is 8.40. The molecule has 0 amide bonds. The molecule has 31 heavy (non-hydrogen) atoms. The van der Waals surface area contributed by atoms with E-state index < -0.39 is 0 Å². The van der Waals surface area contributed by atoms with Crippen LogP contribution in [-0.2, 0) is 23.3 Å². The van der Waals surface area contributed by atoms with Gasteiger partial charge in [0.15, 0.2) is 0 Å². The number of rotatable bonds is 1. The zero-order valence-electron chi connectivity index (χ0n) is 19.7. The molecule has 0 saturated carbocycles. The number of halogens is 2. The van der Waals surface area contributed by atoms with Crippen molar-refractivity contribution in [2.75, 3.05) is 0 Å². The van der Waals surface area contributed by atoms with Crippen LogP contribution in [0.4, 0.5) is 0 Å². The summed E-state index contributed by atoms with van der Waals surface area (Å²) in [5.74, 6) is 0.560. The summed E-state index contributed by atoms with van der Waals surface area (Å²) in [6, 6.07) is 21.6. The van der Waals surface area contributed by atoms with Gasteiger partial charge in [0, 0.05) is 0 Å². The maximum Gasteiger partial charge on any atom is -0.0279 e. The molecule has 3 aromatic rings. The smallest absolute Gasteiger partial charge is 0.0279 e. The van der Waals surface area contributed by atoms with Crippen molar-refractivity contribution in [3.05, 3.63) is 89.0 Å². The number of aryl methyl sites for hydroxylation is 1. The van der Waals surface area contributed by atoms with Crippen LogP contribution in [0, 0.1) is 18.9 Å². The molecule has 0 bridgehead atoms. The third kappa shape index (κ3) is 8.93. The van der Waals surface area contributed by atoms with Gasteiger partial charge < -0.3 is 0 Å². The molecule has 1 aliphatic carbocycles. The number of hydrogen-bond donors (Lipinski definition) is 0. The van der Waals surface area contributed by atoms with E-state index in [-0.39, 0.29) is 30.2 Å². The Morgan fingerprint density at radius 1 is 0.903 bits per heavy atom. The minimum Gasteiger partial charge on any atom is -0.165 e. The largest absolute Gasteiger partial charge is 0.165 e. The van der Waals surface area contributed by atoms with Gasteiger partial charge in [-0.2, -0.15) is 17.2 Å². The fourth-order valence-corrected chi connectivity index (χ4v) is 3.42. The zero-order chi connectivity index (χ0) is 21.6. The monoisotopic (exact) mass is 546 g/mol. The van der Waals surface area contributed by atoms with Crippen LogP contribution in [0.1, 0.15) is 33.3 Å². The quantitative estimate of drug-likeness (QED) is 0.210. The molecule has 3 aromatic carbocycles. The standard InChI is InChI=1S/C16H13.C9H13.C2H6Si.2ClH.Zr/c1-12-10-14-8-5-9-15(16(14)11-12)13-6-3-2-4-7-13;1-6-5-7(2)9(4)8(6)3;1-3-2;;;/h2-11H,1H3;6H,1-4H3;1-2H3;2*1H;/q2*-1;;;;+2. The second-order valence-corrected chi connectivity index (χ2v) is 17.4. The molecule has 1 unspecified atom stereocenters. The van der Waals surface area contributed by atoms with Gasteiger partial charge in [-0.3, -0.25) is 6.08 Å². The zero-order valence-corrected chi connectivity index (χ0v) is 24.8. The van der Waals surface area contributed by atoms with Crippen LogP contribution in [-0.4, -0.2) is 5.43 Å². The summed E-state index contributed by atoms with van der Waals surface area (Å²) in [6.07, 6.45) is 3.36. The molecule has 0 N–H and O–H groups in total. The maximum absolute atomic E-state index is 3.36. The first kappa shape index (κ1) is 30.2. The Balaban J connectivity index is 0.000000516. The van der Waals surface area contributed by atoms with Crippen LogP contribution >= 0.6 is 24.8 Å². The van der Waals surface area contributed by atoms with Crippen LogP contribution in [0.5, 0.6) is 0 Å². The van der Waals surface area contributed by atoms with Gasteiger partial charge in [0.2, 0.25) is 0 Å². The minimum absolute atomic E-state index is 0. The third-order valence-electron chi connectivity index (χ3n) is 5.22. The summed E-state index contributed by atoms with van der Waals surface area (Å²) in [6.45, 7) is 15.4. The van der Waals surface area contributed by atoms with E-state index in [4.69, 9.17) is 0 Å². The van der Waals surface area contributed by atoms with Crippen LogP contribution in [0.3, 0.4) is 0 Å². The molecule has 0 saturated heterocycles. The van der Waals surface area contributed by atoms with Gasteiger partial charge in [0.05, 0.1) is 0 Å². The first-order chi connectivity index (χ1) is 13.7. The fourth-order valence-electron chi connectivity index (χ4n) is 3.42. The first-order valence-electron chi connectivity index (χ1n) is 10.2. The molecule has 0 fully saturated rings. The molecule has 0 spiro atoms. The number of hydrogen-bond acceptors (Lipinski definition) is 0. The van der Waals surface area contributed by atoms with E-state index in [1.807, 2.05) is 0 Å². The molecule has 4 heteroatoms. The van der Waals surface area contributed by atoms with E-state index in [9.17, 15) is 0 Å². The van der Waals surface area contributed by atoms with Crippen LogP contribution in [0.2, 0.25) is 13.1 Å². The predicted molar refractivity (Wildman–Crippen MR) is 142 cm³/mol. The fraction of sp³-hybridized carbons (Fsp3) is 0.296. The van der Waals surface area contributed by atoms with E-state index in [1.165, 1.54) is 44.2 Å². The van der Waals surface area contributed by atoms with E-state index >= 15 is 0 Å². The Kier molecular flexibility index (Phi) is 14.0. The second-order valence-electron chi connectivity index (χ2n) is 8.01. The molecule has 4 rings (SSSR count). The second kappa shape index (κ2) is 14.4. The molecule has 1 atom stereocenters. The summed E-state index contributed by atoms with van der Waals surface area (Å²) in [5, 5.41) is 2.69. The molecule has 0 radical (unpaired) electrons. The number of benzene rings is 2. The average Bonchev–Trinajstić information content (AvgIpc) is 3.16. The van der Waals surface area contributed by atoms with Crippen molar-refractivity contribution in [2.24, 2.45) is 5.92 Å². The van der Waals surface area contributed by atoms with Gasteiger partial charge in [-0.25, -0.2) is 5.57 Å². The van der Waals surface area contributed by atoms with Crippen LogP contribution < -0.4 is 0 Å². The van der Waals surface area contributed by atoms with Crippen LogP contribution in [0.15, 0.2) is 77.4 Å². The molecule has 164 valence electrons. The van der Waals surface area contributed by atoms with Gasteiger partial charge in [-0.1, -0.05) is 75.6 Å². The van der Waals surface area contributed by atoms with Gasteiger partial charge in [-0.15, -0.1) is 66.3 Å². The molecular weight excluding hydrogens is 515 g/mol. The predicted octanol–water partition coefficient (Wildman–Crippen LogP) is 8.88. The van der Waals surface area contributed by atoms with Crippen molar-refractivity contribution in [1.29, 1.82) is 0 Å². The molecule has 0 aliphatic heterocycles. The Hall–Kier alpha value is -0.790. The average molecular weight is 549 g/mol. The Morgan fingerprint density at radius 3 is 1.94 bits per heavy atom. The van der Waals surface area contributed by atoms with Crippen molar-refractivity contribution < 1.29 is 23.3 Å². The summed E-state index contributed by atoms with van der Waals surface area (Å²) in [7, 11) is 0. The van der Waals surface area contributed by atoms with Crippen molar-refractivity contribution in [2.45, 2.75) is 47.7 Å². The van der Waals surface area contributed by atoms with Crippen molar-refractivity contribution >= 4 is 41.0 Å². The summed E-state index contributed by atoms with van der Waals surface area (Å²) in [4.78, 5) is 0. The van der Waals surface area contributed by atoms with Gasteiger partial charge in [0.25, 0.3) is 0 Å². The first-order valence-corrected chi connectivity index (χ1v) is 16.4. The molecule has 0 aromatic heterocycles. The topological polar surface area (TPSA) is 0 Å². The van der Waals surface area contributed by atoms with Crippen molar-refractivity contribution in [3.8, 4) is 11.1 Å². The molecule has 0 heterocycles. The Morgan fingerprint density at radius 2 is 1.48 bits per heavy atom. The summed E-state index contributed by atoms with van der Waals surface area (Å²) >= 11 is 1.74. The SMILES string of the molecule is CC1=[C-]C(C)C(C)=C1C.C[Si](C)=[Zr+2].Cc1cc2c(-c3ccccc3)cccc2[cH-]1.Cl.Cl. The van der Waals surface area contributed by atoms with E-state index in [2.05, 4.69) is 114 Å². The van der Waals surface area contributed by atoms with Crippen molar-refractivity contribution in [1.82, 2.24) is 0 Å². The van der Waals surface area contributed by atoms with Gasteiger partial charge >= 0.3 is 41.9 Å². The normalized spacial score (nSPS) is 14.4. The van der Waals surface area contributed by atoms with E-state index in [0.717, 1.165) is 0 Å². The summed E-state index contributed by atoms with van der Waals surface area (Å²) < 4.78 is 0. The van der Waals surface area contributed by atoms with E-state index in [1.54, 1.807) is 23.3 Å². The Labute approximate surface area is 216 Å². The maximum atomic E-state index is 3.36. The number of allylic oxidation sites excluding steroid dienone is 4. The van der Waals surface area contributed by atoms with Crippen molar-refractivity contribution in [3.63, 3.8) is 0 Å². The third-order valence-corrected chi connectivity index (χ3v) is 5.22. The number of fused-ring (bicyclic) bond motifs is 1. The molecule has 1 aliphatic rings. The molecular formula is C27H34Cl2SiZr. The van der Waals surface area contributed by atoms with Crippen LogP contribution in [0.25, 0.3) is 21.9 Å². The van der Waals surface area contributed by atoms with Gasteiger partial charge in [-0.05, 0) is 5.56 Å².